The molecule has 9 nitrogen and oxygen atoms in total. The molecule has 1 N–H and O–H groups in total. The van der Waals surface area contributed by atoms with Gasteiger partial charge in [-0.2, -0.15) is 0 Å². The first kappa shape index (κ1) is 28.9. The Hall–Kier alpha value is -2.61. The molecule has 1 aliphatic carbocycles. The van der Waals surface area contributed by atoms with Gasteiger partial charge in [-0.3, -0.25) is 4.79 Å². The number of thiophene rings is 1. The average molecular weight is 573 g/mol. The number of anilines is 1. The van der Waals surface area contributed by atoms with Crippen LogP contribution in [0.2, 0.25) is 0 Å². The average Bonchev–Trinajstić information content (AvgIpc) is 3.69. The van der Waals surface area contributed by atoms with Crippen LogP contribution in [0.25, 0.3) is 0 Å². The van der Waals surface area contributed by atoms with E-state index < -0.39 is 12.1 Å². The monoisotopic (exact) mass is 572 g/mol. The molecule has 0 aromatic carbocycles. The van der Waals surface area contributed by atoms with Gasteiger partial charge in [0.15, 0.2) is 6.29 Å². The molecule has 3 unspecified atom stereocenters. The molecule has 1 aromatic heterocycles. The number of aromatic carboxylic acids is 1. The molecule has 0 spiro atoms. The minimum absolute atomic E-state index is 0.0469. The van der Waals surface area contributed by atoms with Crippen LogP contribution < -0.4 is 4.90 Å². The van der Waals surface area contributed by atoms with E-state index >= 15 is 0 Å². The summed E-state index contributed by atoms with van der Waals surface area (Å²) in [5.74, 6) is 5.60. The molecule has 4 aliphatic rings. The summed E-state index contributed by atoms with van der Waals surface area (Å²) in [6.45, 7) is 9.82. The highest BCUT2D eigenvalue weighted by molar-refractivity contribution is 7.15. The maximum atomic E-state index is 14.1. The van der Waals surface area contributed by atoms with Crippen LogP contribution in [0.3, 0.4) is 0 Å². The third-order valence-corrected chi connectivity index (χ3v) is 9.38. The molecule has 218 valence electrons. The molecule has 4 fully saturated rings. The maximum absolute atomic E-state index is 14.1. The van der Waals surface area contributed by atoms with Gasteiger partial charge < -0.3 is 29.1 Å². The van der Waals surface area contributed by atoms with E-state index in [-0.39, 0.29) is 53.0 Å². The number of hydrogen-bond donors (Lipinski definition) is 1. The van der Waals surface area contributed by atoms with Crippen molar-refractivity contribution in [2.75, 3.05) is 31.2 Å². The van der Waals surface area contributed by atoms with E-state index in [9.17, 15) is 19.5 Å². The Balaban J connectivity index is 1.39. The molecule has 2 amide bonds. The summed E-state index contributed by atoms with van der Waals surface area (Å²) in [7, 11) is 0. The molecule has 1 saturated carbocycles. The van der Waals surface area contributed by atoms with E-state index in [0.717, 1.165) is 43.4 Å². The lowest BCUT2D eigenvalue weighted by molar-refractivity contribution is -0.124. The van der Waals surface area contributed by atoms with Crippen LogP contribution >= 0.6 is 11.3 Å². The molecule has 4 heterocycles. The van der Waals surface area contributed by atoms with Crippen LogP contribution in [0.5, 0.6) is 0 Å². The number of nitrogens with zero attached hydrogens (tertiary/aromatic N) is 2. The molecular weight excluding hydrogens is 532 g/mol. The fourth-order valence-electron chi connectivity index (χ4n) is 6.09. The summed E-state index contributed by atoms with van der Waals surface area (Å²) in [4.78, 5) is 43.7. The number of carbonyl (C=O) groups is 3. The highest BCUT2D eigenvalue weighted by Gasteiger charge is 2.45. The van der Waals surface area contributed by atoms with Gasteiger partial charge in [0.05, 0.1) is 35.7 Å². The molecule has 3 saturated heterocycles. The second-order valence-electron chi connectivity index (χ2n) is 12.6. The van der Waals surface area contributed by atoms with Crippen molar-refractivity contribution in [3.8, 4) is 11.8 Å². The molecule has 1 aromatic rings. The van der Waals surface area contributed by atoms with Crippen molar-refractivity contribution < 1.29 is 33.7 Å². The number of likely N-dealkylation sites (tertiary alicyclic amines) is 1. The fourth-order valence-corrected chi connectivity index (χ4v) is 6.93. The lowest BCUT2D eigenvalue weighted by Gasteiger charge is -2.34. The number of rotatable bonds is 5. The van der Waals surface area contributed by atoms with Gasteiger partial charge >= 0.3 is 12.1 Å². The standard InChI is InChI=1S/C30H40N2O7S/c1-18-5-7-19(8-6-18)26(33)32(23-15-21(9-12-30(2,3)4)40-25(23)27(34)35)20-10-13-31(16-20)29(36)39-24-17-38-28-22(24)11-14-37-28/h15,18-20,22,24,28H,5-8,10-11,13-14,16-17H2,1-4H3,(H,34,35)/t18?,19?,20-,22?,24?,28?/m1/s1. The van der Waals surface area contributed by atoms with Crippen LogP contribution in [0.15, 0.2) is 6.07 Å². The molecule has 0 radical (unpaired) electrons. The minimum Gasteiger partial charge on any atom is -0.477 e. The van der Waals surface area contributed by atoms with Crippen molar-refractivity contribution in [1.29, 1.82) is 0 Å². The quantitative estimate of drug-likeness (QED) is 0.497. The number of carboxylic acid groups (broad SMARTS) is 1. The number of carboxylic acids is 1. The van der Waals surface area contributed by atoms with Crippen molar-refractivity contribution in [1.82, 2.24) is 4.90 Å². The Morgan fingerprint density at radius 2 is 1.88 bits per heavy atom. The summed E-state index contributed by atoms with van der Waals surface area (Å²) in [6.07, 6.45) is 3.76. The summed E-state index contributed by atoms with van der Waals surface area (Å²) >= 11 is 1.10. The van der Waals surface area contributed by atoms with Gasteiger partial charge in [-0.15, -0.1) is 11.3 Å². The van der Waals surface area contributed by atoms with E-state index in [0.29, 0.717) is 42.7 Å². The zero-order valence-electron chi connectivity index (χ0n) is 23.8. The first-order valence-corrected chi connectivity index (χ1v) is 15.2. The topological polar surface area (TPSA) is 106 Å². The van der Waals surface area contributed by atoms with E-state index in [1.54, 1.807) is 15.9 Å². The number of carbonyl (C=O) groups excluding carboxylic acids is 2. The first-order valence-electron chi connectivity index (χ1n) is 14.4. The van der Waals surface area contributed by atoms with Crippen LogP contribution in [-0.4, -0.2) is 72.7 Å². The van der Waals surface area contributed by atoms with Gasteiger partial charge in [0.2, 0.25) is 5.91 Å². The Labute approximate surface area is 240 Å². The smallest absolute Gasteiger partial charge is 0.410 e. The Kier molecular flexibility index (Phi) is 8.46. The third-order valence-electron chi connectivity index (χ3n) is 8.35. The van der Waals surface area contributed by atoms with Crippen LogP contribution in [0.1, 0.15) is 80.8 Å². The summed E-state index contributed by atoms with van der Waals surface area (Å²) in [6, 6.07) is 1.39. The van der Waals surface area contributed by atoms with E-state index in [2.05, 4.69) is 18.8 Å². The second kappa shape index (κ2) is 11.7. The summed E-state index contributed by atoms with van der Waals surface area (Å²) < 4.78 is 17.0. The third kappa shape index (κ3) is 6.32. The molecular formula is C30H40N2O7S. The van der Waals surface area contributed by atoms with Crippen molar-refractivity contribution in [3.63, 3.8) is 0 Å². The largest absolute Gasteiger partial charge is 0.477 e. The fraction of sp³-hybridized carbons (Fsp3) is 0.700. The zero-order valence-corrected chi connectivity index (χ0v) is 24.6. The molecule has 40 heavy (non-hydrogen) atoms. The molecule has 3 aliphatic heterocycles. The lowest BCUT2D eigenvalue weighted by Crippen LogP contribution is -2.47. The van der Waals surface area contributed by atoms with Crippen LogP contribution in [-0.2, 0) is 19.0 Å². The van der Waals surface area contributed by atoms with Gasteiger partial charge in [0, 0.05) is 24.4 Å². The van der Waals surface area contributed by atoms with Crippen LogP contribution in [0, 0.1) is 35.0 Å². The van der Waals surface area contributed by atoms with Gasteiger partial charge in [-0.25, -0.2) is 9.59 Å². The van der Waals surface area contributed by atoms with Crippen LogP contribution in [0.4, 0.5) is 10.5 Å². The normalized spacial score (nSPS) is 29.9. The highest BCUT2D eigenvalue weighted by atomic mass is 32.1. The predicted octanol–water partition coefficient (Wildman–Crippen LogP) is 4.98. The molecule has 10 heteroatoms. The van der Waals surface area contributed by atoms with Gasteiger partial charge in [-0.1, -0.05) is 18.8 Å². The van der Waals surface area contributed by atoms with Crippen molar-refractivity contribution in [2.24, 2.45) is 23.2 Å². The zero-order chi connectivity index (χ0) is 28.6. The molecule has 0 bridgehead atoms. The van der Waals surface area contributed by atoms with Gasteiger partial charge in [0.1, 0.15) is 11.0 Å². The Bertz CT molecular complexity index is 1190. The maximum Gasteiger partial charge on any atom is 0.410 e. The molecule has 5 rings (SSSR count). The number of hydrogen-bond acceptors (Lipinski definition) is 7. The SMILES string of the molecule is CC1CCC(C(=O)N(c2cc(C#CC(C)(C)C)sc2C(=O)O)[C@@H]2CCN(C(=O)OC3COC4OCCC34)C2)CC1. The number of amides is 2. The van der Waals surface area contributed by atoms with Gasteiger partial charge in [0.25, 0.3) is 0 Å². The first-order chi connectivity index (χ1) is 19.0. The van der Waals surface area contributed by atoms with E-state index in [4.69, 9.17) is 14.2 Å². The van der Waals surface area contributed by atoms with Crippen molar-refractivity contribution in [3.05, 3.63) is 15.8 Å². The Morgan fingerprint density at radius 3 is 2.58 bits per heavy atom. The number of fused-ring (bicyclic) bond motifs is 1. The van der Waals surface area contributed by atoms with Crippen molar-refractivity contribution >= 4 is 35.0 Å². The molecule has 4 atom stereocenters. The minimum atomic E-state index is -1.08. The lowest BCUT2D eigenvalue weighted by atomic mass is 9.82. The van der Waals surface area contributed by atoms with E-state index in [1.807, 2.05) is 20.8 Å². The second-order valence-corrected chi connectivity index (χ2v) is 13.7. The summed E-state index contributed by atoms with van der Waals surface area (Å²) in [5.41, 5.74) is 0.137. The number of ether oxygens (including phenoxy) is 3. The Morgan fingerprint density at radius 1 is 1.12 bits per heavy atom. The van der Waals surface area contributed by atoms with Gasteiger partial charge in [-0.05, 0) is 71.3 Å². The predicted molar refractivity (Wildman–Crippen MR) is 150 cm³/mol. The highest BCUT2D eigenvalue weighted by Crippen LogP contribution is 2.38. The van der Waals surface area contributed by atoms with E-state index in [1.165, 1.54) is 0 Å². The summed E-state index contributed by atoms with van der Waals surface area (Å²) in [5, 5.41) is 10.1. The van der Waals surface area contributed by atoms with Crippen molar-refractivity contribution in [2.45, 2.75) is 84.7 Å².